The average Bonchev–Trinajstić information content (AvgIpc) is 3.66. The van der Waals surface area contributed by atoms with Crippen molar-refractivity contribution in [1.82, 2.24) is 20.0 Å². The molecule has 1 saturated heterocycles. The van der Waals surface area contributed by atoms with Crippen LogP contribution in [0.2, 0.25) is 0 Å². The number of nitrogens with zero attached hydrogens (tertiary/aromatic N) is 4. The number of hydrogen-bond acceptors (Lipinski definition) is 6. The van der Waals surface area contributed by atoms with Crippen LogP contribution in [-0.4, -0.2) is 100 Å². The second kappa shape index (κ2) is 13.4. The second-order valence-electron chi connectivity index (χ2n) is 8.74. The van der Waals surface area contributed by atoms with Crippen molar-refractivity contribution < 1.29 is 14.2 Å². The van der Waals surface area contributed by atoms with E-state index < -0.39 is 0 Å². The predicted octanol–water partition coefficient (Wildman–Crippen LogP) is 2.90. The Morgan fingerprint density at radius 1 is 1.09 bits per heavy atom. The lowest BCUT2D eigenvalue weighted by Crippen LogP contribution is -2.52. The van der Waals surface area contributed by atoms with E-state index in [4.69, 9.17) is 19.2 Å². The zero-order valence-electron chi connectivity index (χ0n) is 21.1. The van der Waals surface area contributed by atoms with Gasteiger partial charge in [0.15, 0.2) is 17.5 Å². The van der Waals surface area contributed by atoms with Crippen molar-refractivity contribution >= 4 is 29.9 Å². The summed E-state index contributed by atoms with van der Waals surface area (Å²) in [6, 6.07) is 5.31. The van der Waals surface area contributed by atoms with E-state index in [1.54, 1.807) is 21.3 Å². The summed E-state index contributed by atoms with van der Waals surface area (Å²) in [5.41, 5.74) is 1.16. The summed E-state index contributed by atoms with van der Waals surface area (Å²) in [7, 11) is 7.18. The van der Waals surface area contributed by atoms with Gasteiger partial charge in [0, 0.05) is 51.4 Å². The minimum Gasteiger partial charge on any atom is -0.493 e. The third-order valence-corrected chi connectivity index (χ3v) is 6.46. The molecule has 1 aromatic rings. The van der Waals surface area contributed by atoms with E-state index >= 15 is 0 Å². The van der Waals surface area contributed by atoms with E-state index in [9.17, 15) is 0 Å². The standard InChI is InChI=1S/C24H41N5O3.HI/c1-7-25-24(26-16-18(2)27(3)20-8-9-20)29-12-10-28(11-13-29)17-19-14-21(30-4)23(32-6)22(15-19)31-5;/h14-15,18,20H,7-13,16-17H2,1-6H3,(H,25,26);1H. The number of rotatable bonds is 10. The topological polar surface area (TPSA) is 61.8 Å². The maximum absolute atomic E-state index is 5.51. The monoisotopic (exact) mass is 575 g/mol. The summed E-state index contributed by atoms with van der Waals surface area (Å²) in [5, 5.41) is 3.49. The van der Waals surface area contributed by atoms with Crippen LogP contribution in [0.3, 0.4) is 0 Å². The Balaban J connectivity index is 0.00000385. The van der Waals surface area contributed by atoms with Crippen LogP contribution in [0.4, 0.5) is 0 Å². The van der Waals surface area contributed by atoms with Gasteiger partial charge < -0.3 is 24.4 Å². The molecular weight excluding hydrogens is 533 g/mol. The normalized spacial score (nSPS) is 18.0. The molecule has 0 radical (unpaired) electrons. The molecule has 0 aromatic heterocycles. The smallest absolute Gasteiger partial charge is 0.203 e. The first-order valence-electron chi connectivity index (χ1n) is 11.8. The zero-order valence-corrected chi connectivity index (χ0v) is 23.4. The number of likely N-dealkylation sites (N-methyl/N-ethyl adjacent to an activating group) is 1. The first kappa shape index (κ1) is 27.8. The van der Waals surface area contributed by atoms with Crippen LogP contribution >= 0.6 is 24.0 Å². The van der Waals surface area contributed by atoms with Crippen LogP contribution in [0.25, 0.3) is 0 Å². The van der Waals surface area contributed by atoms with E-state index in [1.807, 2.05) is 12.1 Å². The molecule has 188 valence electrons. The van der Waals surface area contributed by atoms with Crippen LogP contribution in [0.15, 0.2) is 17.1 Å². The number of aliphatic imine (C=N–C) groups is 1. The van der Waals surface area contributed by atoms with Gasteiger partial charge in [0.2, 0.25) is 5.75 Å². The minimum atomic E-state index is 0. The fourth-order valence-electron chi connectivity index (χ4n) is 4.22. The van der Waals surface area contributed by atoms with Gasteiger partial charge in [0.05, 0.1) is 27.9 Å². The van der Waals surface area contributed by atoms with Crippen molar-refractivity contribution in [3.8, 4) is 17.2 Å². The van der Waals surface area contributed by atoms with Crippen LogP contribution in [0.1, 0.15) is 32.3 Å². The number of benzene rings is 1. The van der Waals surface area contributed by atoms with Crippen molar-refractivity contribution in [2.24, 2.45) is 4.99 Å². The third-order valence-electron chi connectivity index (χ3n) is 6.46. The summed E-state index contributed by atoms with van der Waals surface area (Å²) in [6.45, 7) is 10.9. The SMILES string of the molecule is CCNC(=NCC(C)N(C)C1CC1)N1CCN(Cc2cc(OC)c(OC)c(OC)c2)CC1.I. The molecule has 2 aliphatic rings. The largest absolute Gasteiger partial charge is 0.493 e. The highest BCUT2D eigenvalue weighted by molar-refractivity contribution is 14.0. The second-order valence-corrected chi connectivity index (χ2v) is 8.74. The van der Waals surface area contributed by atoms with Crippen molar-refractivity contribution in [1.29, 1.82) is 0 Å². The number of halogens is 1. The molecule has 8 nitrogen and oxygen atoms in total. The highest BCUT2D eigenvalue weighted by Crippen LogP contribution is 2.38. The quantitative estimate of drug-likeness (QED) is 0.262. The van der Waals surface area contributed by atoms with Crippen molar-refractivity contribution in [2.75, 3.05) is 67.6 Å². The Hall–Kier alpha value is -1.46. The van der Waals surface area contributed by atoms with Gasteiger partial charge in [-0.1, -0.05) is 0 Å². The Morgan fingerprint density at radius 2 is 1.70 bits per heavy atom. The van der Waals surface area contributed by atoms with Crippen LogP contribution in [0, 0.1) is 0 Å². The molecule has 1 N–H and O–H groups in total. The van der Waals surface area contributed by atoms with Crippen LogP contribution in [0.5, 0.6) is 17.2 Å². The van der Waals surface area contributed by atoms with Gasteiger partial charge in [0.1, 0.15) is 0 Å². The van der Waals surface area contributed by atoms with E-state index in [0.717, 1.165) is 63.4 Å². The van der Waals surface area contributed by atoms with Gasteiger partial charge in [-0.05, 0) is 51.4 Å². The molecule has 0 amide bonds. The molecule has 2 fully saturated rings. The molecule has 1 saturated carbocycles. The molecule has 0 bridgehead atoms. The van der Waals surface area contributed by atoms with Gasteiger partial charge in [-0.2, -0.15) is 0 Å². The van der Waals surface area contributed by atoms with E-state index in [1.165, 1.54) is 12.8 Å². The van der Waals surface area contributed by atoms with Gasteiger partial charge in [-0.25, -0.2) is 0 Å². The molecule has 1 aliphatic carbocycles. The molecule has 1 aromatic carbocycles. The molecule has 1 atom stereocenters. The van der Waals surface area contributed by atoms with E-state index in [-0.39, 0.29) is 24.0 Å². The fraction of sp³-hybridized carbons (Fsp3) is 0.708. The lowest BCUT2D eigenvalue weighted by Gasteiger charge is -2.37. The Morgan fingerprint density at radius 3 is 2.18 bits per heavy atom. The number of hydrogen-bond donors (Lipinski definition) is 1. The Kier molecular flexibility index (Phi) is 11.3. The number of piperazine rings is 1. The molecule has 33 heavy (non-hydrogen) atoms. The third kappa shape index (κ3) is 7.51. The van der Waals surface area contributed by atoms with Gasteiger partial charge in [-0.15, -0.1) is 24.0 Å². The summed E-state index contributed by atoms with van der Waals surface area (Å²) < 4.78 is 16.5. The van der Waals surface area contributed by atoms with E-state index in [0.29, 0.717) is 23.3 Å². The lowest BCUT2D eigenvalue weighted by atomic mass is 10.1. The summed E-state index contributed by atoms with van der Waals surface area (Å²) >= 11 is 0. The van der Waals surface area contributed by atoms with E-state index in [2.05, 4.69) is 40.9 Å². The number of guanidine groups is 1. The first-order chi connectivity index (χ1) is 15.5. The van der Waals surface area contributed by atoms with Gasteiger partial charge >= 0.3 is 0 Å². The minimum absolute atomic E-state index is 0. The zero-order chi connectivity index (χ0) is 23.1. The molecule has 3 rings (SSSR count). The molecule has 1 heterocycles. The molecule has 1 aliphatic heterocycles. The number of nitrogens with one attached hydrogen (secondary N) is 1. The number of methoxy groups -OCH3 is 3. The maximum Gasteiger partial charge on any atom is 0.203 e. The molecular formula is C24H42IN5O3. The Labute approximate surface area is 216 Å². The Bertz CT molecular complexity index is 741. The van der Waals surface area contributed by atoms with Crippen LogP contribution in [-0.2, 0) is 6.54 Å². The number of ether oxygens (including phenoxy) is 3. The molecule has 1 unspecified atom stereocenters. The van der Waals surface area contributed by atoms with Gasteiger partial charge in [-0.3, -0.25) is 14.8 Å². The summed E-state index contributed by atoms with van der Waals surface area (Å²) in [5.74, 6) is 3.08. The lowest BCUT2D eigenvalue weighted by molar-refractivity contribution is 0.171. The average molecular weight is 576 g/mol. The highest BCUT2D eigenvalue weighted by atomic mass is 127. The first-order valence-corrected chi connectivity index (χ1v) is 11.8. The fourth-order valence-corrected chi connectivity index (χ4v) is 4.22. The highest BCUT2D eigenvalue weighted by Gasteiger charge is 2.29. The maximum atomic E-state index is 5.51. The summed E-state index contributed by atoms with van der Waals surface area (Å²) in [6.07, 6.45) is 2.66. The summed E-state index contributed by atoms with van der Waals surface area (Å²) in [4.78, 5) is 12.3. The van der Waals surface area contributed by atoms with Crippen LogP contribution < -0.4 is 19.5 Å². The van der Waals surface area contributed by atoms with Crippen molar-refractivity contribution in [2.45, 2.75) is 45.3 Å². The van der Waals surface area contributed by atoms with Crippen molar-refractivity contribution in [3.05, 3.63) is 17.7 Å². The van der Waals surface area contributed by atoms with Crippen molar-refractivity contribution in [3.63, 3.8) is 0 Å². The predicted molar refractivity (Wildman–Crippen MR) is 145 cm³/mol. The van der Waals surface area contributed by atoms with Gasteiger partial charge in [0.25, 0.3) is 0 Å². The molecule has 9 heteroatoms. The molecule has 0 spiro atoms.